The van der Waals surface area contributed by atoms with Crippen molar-refractivity contribution >= 4 is 28.6 Å². The van der Waals surface area contributed by atoms with Gasteiger partial charge in [-0.25, -0.2) is 4.98 Å². The Kier molecular flexibility index (Phi) is 4.25. The molecule has 2 aromatic rings. The number of nitrogens with one attached hydrogen (secondary N) is 1. The molecule has 5 nitrogen and oxygen atoms in total. The van der Waals surface area contributed by atoms with Crippen molar-refractivity contribution in [3.8, 4) is 0 Å². The van der Waals surface area contributed by atoms with Crippen LogP contribution in [0.1, 0.15) is 21.6 Å². The monoisotopic (exact) mass is 275 g/mol. The molecule has 1 N–H and O–H groups in total. The summed E-state index contributed by atoms with van der Waals surface area (Å²) < 4.78 is 0. The highest BCUT2D eigenvalue weighted by atomic mass is 32.1. The Hall–Kier alpha value is -2.21. The van der Waals surface area contributed by atoms with Crippen LogP contribution in [0.5, 0.6) is 0 Å². The van der Waals surface area contributed by atoms with Crippen molar-refractivity contribution in [3.63, 3.8) is 0 Å². The number of anilines is 1. The lowest BCUT2D eigenvalue weighted by atomic mass is 10.1. The average molecular weight is 275 g/mol. The van der Waals surface area contributed by atoms with Crippen LogP contribution in [0.25, 0.3) is 0 Å². The van der Waals surface area contributed by atoms with E-state index in [-0.39, 0.29) is 5.91 Å². The standard InChI is InChI=1S/C13H13N3O2S/c1-9-8-19-13(15-9)16-12(17)11-5-3-10(4-6-11)7-14-18-2/h3-8H,1-2H3,(H,15,16,17)/b14-7+. The van der Waals surface area contributed by atoms with E-state index in [2.05, 4.69) is 20.3 Å². The molecule has 1 heterocycles. The Morgan fingerprint density at radius 3 is 2.74 bits per heavy atom. The van der Waals surface area contributed by atoms with E-state index in [1.54, 1.807) is 30.5 Å². The zero-order chi connectivity index (χ0) is 13.7. The summed E-state index contributed by atoms with van der Waals surface area (Å²) >= 11 is 1.41. The highest BCUT2D eigenvalue weighted by Gasteiger charge is 2.07. The molecule has 19 heavy (non-hydrogen) atoms. The molecule has 1 aromatic carbocycles. The third kappa shape index (κ3) is 3.62. The molecular formula is C13H13N3O2S. The summed E-state index contributed by atoms with van der Waals surface area (Å²) in [4.78, 5) is 20.7. The van der Waals surface area contributed by atoms with Gasteiger partial charge in [0.2, 0.25) is 0 Å². The molecule has 0 aliphatic heterocycles. The summed E-state index contributed by atoms with van der Waals surface area (Å²) in [7, 11) is 1.48. The molecule has 1 amide bonds. The van der Waals surface area contributed by atoms with Gasteiger partial charge in [-0.2, -0.15) is 0 Å². The quantitative estimate of drug-likeness (QED) is 0.689. The largest absolute Gasteiger partial charge is 0.399 e. The SMILES string of the molecule is CO/N=C/c1ccc(C(=O)Nc2nc(C)cs2)cc1. The van der Waals surface area contributed by atoms with Gasteiger partial charge in [-0.15, -0.1) is 11.3 Å². The molecule has 0 bridgehead atoms. The van der Waals surface area contributed by atoms with Crippen LogP contribution in [-0.2, 0) is 4.84 Å². The number of hydrogen-bond donors (Lipinski definition) is 1. The van der Waals surface area contributed by atoms with Crippen molar-refractivity contribution in [2.75, 3.05) is 12.4 Å². The summed E-state index contributed by atoms with van der Waals surface area (Å²) in [5, 5.41) is 8.90. The fourth-order valence-corrected chi connectivity index (χ4v) is 2.10. The van der Waals surface area contributed by atoms with Crippen molar-refractivity contribution in [2.24, 2.45) is 5.16 Å². The molecule has 0 atom stereocenters. The molecule has 0 aliphatic carbocycles. The predicted molar refractivity (Wildman–Crippen MR) is 75.8 cm³/mol. The molecule has 0 spiro atoms. The van der Waals surface area contributed by atoms with Gasteiger partial charge in [0.1, 0.15) is 7.11 Å². The second kappa shape index (κ2) is 6.10. The third-order valence-electron chi connectivity index (χ3n) is 2.32. The fraction of sp³-hybridized carbons (Fsp3) is 0.154. The Bertz CT molecular complexity index is 590. The molecule has 0 radical (unpaired) electrons. The van der Waals surface area contributed by atoms with Gasteiger partial charge < -0.3 is 4.84 Å². The van der Waals surface area contributed by atoms with Crippen LogP contribution >= 0.6 is 11.3 Å². The molecule has 0 saturated carbocycles. The minimum Gasteiger partial charge on any atom is -0.399 e. The number of benzene rings is 1. The molecule has 0 unspecified atom stereocenters. The summed E-state index contributed by atoms with van der Waals surface area (Å²) in [6.45, 7) is 1.89. The molecular weight excluding hydrogens is 262 g/mol. The number of nitrogens with zero attached hydrogens (tertiary/aromatic N) is 2. The number of thiazole rings is 1. The van der Waals surface area contributed by atoms with Gasteiger partial charge in [0.25, 0.3) is 5.91 Å². The smallest absolute Gasteiger partial charge is 0.257 e. The Morgan fingerprint density at radius 1 is 1.42 bits per heavy atom. The number of rotatable bonds is 4. The van der Waals surface area contributed by atoms with Gasteiger partial charge in [0.15, 0.2) is 5.13 Å². The maximum atomic E-state index is 11.9. The molecule has 0 fully saturated rings. The van der Waals surface area contributed by atoms with Crippen LogP contribution < -0.4 is 5.32 Å². The fourth-order valence-electron chi connectivity index (χ4n) is 1.41. The Morgan fingerprint density at radius 2 is 2.16 bits per heavy atom. The topological polar surface area (TPSA) is 63.6 Å². The number of aromatic nitrogens is 1. The summed E-state index contributed by atoms with van der Waals surface area (Å²) in [6, 6.07) is 7.05. The number of carbonyl (C=O) groups excluding carboxylic acids is 1. The number of oxime groups is 1. The van der Waals surface area contributed by atoms with Crippen molar-refractivity contribution in [2.45, 2.75) is 6.92 Å². The van der Waals surface area contributed by atoms with Crippen LogP contribution in [0.3, 0.4) is 0 Å². The molecule has 0 aliphatic rings. The van der Waals surface area contributed by atoms with Gasteiger partial charge in [-0.05, 0) is 24.6 Å². The summed E-state index contributed by atoms with van der Waals surface area (Å²) in [6.07, 6.45) is 1.58. The molecule has 6 heteroatoms. The maximum absolute atomic E-state index is 11.9. The Balaban J connectivity index is 2.05. The van der Waals surface area contributed by atoms with Crippen molar-refractivity contribution in [1.82, 2.24) is 4.98 Å². The van der Waals surface area contributed by atoms with E-state index >= 15 is 0 Å². The first-order valence-electron chi connectivity index (χ1n) is 5.59. The van der Waals surface area contributed by atoms with E-state index in [4.69, 9.17) is 0 Å². The molecule has 2 rings (SSSR count). The highest BCUT2D eigenvalue weighted by molar-refractivity contribution is 7.13. The lowest BCUT2D eigenvalue weighted by molar-refractivity contribution is 0.102. The first kappa shape index (κ1) is 13.2. The molecule has 1 aromatic heterocycles. The summed E-state index contributed by atoms with van der Waals surface area (Å²) in [5.41, 5.74) is 2.33. The van der Waals surface area contributed by atoms with Gasteiger partial charge in [0.05, 0.1) is 11.9 Å². The second-order valence-corrected chi connectivity index (χ2v) is 4.65. The third-order valence-corrected chi connectivity index (χ3v) is 3.20. The van der Waals surface area contributed by atoms with Crippen LogP contribution in [0, 0.1) is 6.92 Å². The van der Waals surface area contributed by atoms with Crippen LogP contribution in [0.15, 0.2) is 34.8 Å². The highest BCUT2D eigenvalue weighted by Crippen LogP contribution is 2.15. The normalized spacial score (nSPS) is 10.6. The minimum atomic E-state index is -0.176. The number of amides is 1. The minimum absolute atomic E-state index is 0.176. The van der Waals surface area contributed by atoms with Crippen LogP contribution in [-0.4, -0.2) is 24.2 Å². The summed E-state index contributed by atoms with van der Waals surface area (Å²) in [5.74, 6) is -0.176. The van der Waals surface area contributed by atoms with E-state index in [0.717, 1.165) is 11.3 Å². The van der Waals surface area contributed by atoms with Gasteiger partial charge >= 0.3 is 0 Å². The second-order valence-electron chi connectivity index (χ2n) is 3.79. The molecule has 98 valence electrons. The van der Waals surface area contributed by atoms with Crippen molar-refractivity contribution in [1.29, 1.82) is 0 Å². The van der Waals surface area contributed by atoms with Gasteiger partial charge in [0, 0.05) is 10.9 Å². The zero-order valence-corrected chi connectivity index (χ0v) is 11.4. The first-order valence-corrected chi connectivity index (χ1v) is 6.47. The Labute approximate surface area is 114 Å². The first-order chi connectivity index (χ1) is 9.19. The maximum Gasteiger partial charge on any atom is 0.257 e. The molecule has 0 saturated heterocycles. The number of aryl methyl sites for hydroxylation is 1. The van der Waals surface area contributed by atoms with Gasteiger partial charge in [-0.3, -0.25) is 10.1 Å². The zero-order valence-electron chi connectivity index (χ0n) is 10.6. The number of carbonyl (C=O) groups is 1. The van der Waals surface area contributed by atoms with Crippen LogP contribution in [0.2, 0.25) is 0 Å². The van der Waals surface area contributed by atoms with E-state index in [9.17, 15) is 4.79 Å². The lowest BCUT2D eigenvalue weighted by Crippen LogP contribution is -2.11. The van der Waals surface area contributed by atoms with E-state index in [1.807, 2.05) is 12.3 Å². The van der Waals surface area contributed by atoms with Crippen molar-refractivity contribution < 1.29 is 9.63 Å². The number of hydrogen-bond acceptors (Lipinski definition) is 5. The average Bonchev–Trinajstić information content (AvgIpc) is 2.82. The van der Waals surface area contributed by atoms with Crippen molar-refractivity contribution in [3.05, 3.63) is 46.5 Å². The predicted octanol–water partition coefficient (Wildman–Crippen LogP) is 2.68. The van der Waals surface area contributed by atoms with E-state index < -0.39 is 0 Å². The van der Waals surface area contributed by atoms with E-state index in [0.29, 0.717) is 10.7 Å². The lowest BCUT2D eigenvalue weighted by Gasteiger charge is -2.01. The van der Waals surface area contributed by atoms with E-state index in [1.165, 1.54) is 18.4 Å². The van der Waals surface area contributed by atoms with Crippen LogP contribution in [0.4, 0.5) is 5.13 Å². The van der Waals surface area contributed by atoms with Gasteiger partial charge in [-0.1, -0.05) is 17.3 Å².